The Morgan fingerprint density at radius 3 is 1.91 bits per heavy atom. The van der Waals surface area contributed by atoms with E-state index in [0.717, 1.165) is 55.2 Å². The Morgan fingerprint density at radius 1 is 0.776 bits per heavy atom. The van der Waals surface area contributed by atoms with Crippen LogP contribution >= 0.6 is 0 Å². The lowest BCUT2D eigenvalue weighted by molar-refractivity contribution is -0.119. The van der Waals surface area contributed by atoms with E-state index in [4.69, 9.17) is 13.8 Å². The van der Waals surface area contributed by atoms with E-state index in [1.165, 1.54) is 31.4 Å². The van der Waals surface area contributed by atoms with Gasteiger partial charge >= 0.3 is 5.97 Å². The number of carbonyl (C=O) groups excluding carboxylic acids is 3. The molecule has 0 aromatic heterocycles. The van der Waals surface area contributed by atoms with E-state index >= 15 is 0 Å². The van der Waals surface area contributed by atoms with Crippen LogP contribution in [-0.2, 0) is 34.6 Å². The number of fused-ring (bicyclic) bond motifs is 2. The molecule has 0 atom stereocenters. The van der Waals surface area contributed by atoms with Gasteiger partial charge < -0.3 is 25.2 Å². The van der Waals surface area contributed by atoms with E-state index in [1.807, 2.05) is 54.6 Å². The fourth-order valence-corrected chi connectivity index (χ4v) is 8.02. The summed E-state index contributed by atoms with van der Waals surface area (Å²) in [4.78, 5) is 43.5. The molecule has 0 bridgehead atoms. The molecule has 0 spiro atoms. The second-order valence-electron chi connectivity index (χ2n) is 13.6. The van der Waals surface area contributed by atoms with Crippen molar-refractivity contribution in [1.29, 1.82) is 0 Å². The molecule has 15 nitrogen and oxygen atoms in total. The molecule has 1 saturated heterocycles. The van der Waals surface area contributed by atoms with Gasteiger partial charge in [-0.2, -0.15) is 16.8 Å². The second-order valence-corrected chi connectivity index (χ2v) is 16.4. The number of hydrogen-bond acceptors (Lipinski definition) is 11. The van der Waals surface area contributed by atoms with Gasteiger partial charge in [0.15, 0.2) is 0 Å². The lowest BCUT2D eigenvalue weighted by Crippen LogP contribution is -2.48. The number of benzene rings is 5. The summed E-state index contributed by atoms with van der Waals surface area (Å²) in [6.07, 6.45) is 0. The van der Waals surface area contributed by atoms with Crippen molar-refractivity contribution >= 4 is 77.1 Å². The van der Waals surface area contributed by atoms with Crippen molar-refractivity contribution in [2.24, 2.45) is 0 Å². The average molecular weight is 828 g/mol. The van der Waals surface area contributed by atoms with Crippen LogP contribution < -0.4 is 15.5 Å². The number of piperazine rings is 1. The number of amides is 2. The lowest BCUT2D eigenvalue weighted by Gasteiger charge is -2.32. The predicted octanol–water partition coefficient (Wildman–Crippen LogP) is 4.95. The largest absolute Gasteiger partial charge is 0.465 e. The van der Waals surface area contributed by atoms with E-state index in [2.05, 4.69) is 27.5 Å². The molecule has 4 N–H and O–H groups in total. The zero-order chi connectivity index (χ0) is 41.8. The molecule has 2 amide bonds. The highest BCUT2D eigenvalue weighted by Gasteiger charge is 2.30. The summed E-state index contributed by atoms with van der Waals surface area (Å²) in [5.74, 6) is -0.694. The number of ether oxygens (including phenoxy) is 1. The minimum Gasteiger partial charge on any atom is -0.465 e. The number of rotatable bonds is 9. The molecule has 2 aliphatic rings. The van der Waals surface area contributed by atoms with E-state index in [9.17, 15) is 31.2 Å². The monoisotopic (exact) mass is 827 g/mol. The molecule has 1 fully saturated rings. The van der Waals surface area contributed by atoms with Crippen molar-refractivity contribution in [3.63, 3.8) is 0 Å². The predicted molar refractivity (Wildman–Crippen MR) is 221 cm³/mol. The van der Waals surface area contributed by atoms with E-state index in [0.29, 0.717) is 34.6 Å². The first kappa shape index (κ1) is 41.7. The maximum Gasteiger partial charge on any atom is 0.337 e. The van der Waals surface area contributed by atoms with Gasteiger partial charge in [-0.1, -0.05) is 60.7 Å². The molecule has 0 unspecified atom stereocenters. The maximum atomic E-state index is 13.2. The quantitative estimate of drug-likeness (QED) is 0.0884. The maximum absolute atomic E-state index is 13.2. The molecule has 0 radical (unpaired) electrons. The summed E-state index contributed by atoms with van der Waals surface area (Å²) >= 11 is 0. The highest BCUT2D eigenvalue weighted by atomic mass is 32.2. The molecule has 58 heavy (non-hydrogen) atoms. The van der Waals surface area contributed by atoms with Crippen LogP contribution in [0.15, 0.2) is 119 Å². The van der Waals surface area contributed by atoms with Crippen molar-refractivity contribution in [3.05, 3.63) is 126 Å². The smallest absolute Gasteiger partial charge is 0.337 e. The summed E-state index contributed by atoms with van der Waals surface area (Å²) in [5.41, 5.74) is 5.10. The number of anilines is 3. The normalized spacial score (nSPS) is 15.4. The van der Waals surface area contributed by atoms with E-state index < -0.39 is 36.0 Å². The summed E-state index contributed by atoms with van der Waals surface area (Å²) in [5, 5.41) is 6.36. The minimum atomic E-state index is -4.47. The number of carbonyl (C=O) groups is 3. The highest BCUT2D eigenvalue weighted by molar-refractivity contribution is 7.86. The molecular weight excluding hydrogens is 787 g/mol. The Labute approximate surface area is 336 Å². The second kappa shape index (κ2) is 17.3. The molecule has 2 aliphatic heterocycles. The first-order chi connectivity index (χ1) is 27.5. The molecule has 5 aromatic rings. The Hall–Kier alpha value is -5.95. The van der Waals surface area contributed by atoms with Crippen LogP contribution in [0, 0.1) is 0 Å². The van der Waals surface area contributed by atoms with Crippen LogP contribution in [-0.4, -0.2) is 107 Å². The zero-order valence-corrected chi connectivity index (χ0v) is 33.4. The summed E-state index contributed by atoms with van der Waals surface area (Å²) in [6, 6.07) is 29.7. The van der Waals surface area contributed by atoms with Crippen molar-refractivity contribution in [2.45, 2.75) is 9.79 Å². The van der Waals surface area contributed by atoms with Crippen LogP contribution in [0.5, 0.6) is 0 Å². The molecule has 17 heteroatoms. The third kappa shape index (κ3) is 9.42. The van der Waals surface area contributed by atoms with Gasteiger partial charge in [-0.15, -0.1) is 0 Å². The topological polar surface area (TPSA) is 203 Å². The molecule has 5 aromatic carbocycles. The number of nitrogens with zero attached hydrogens (tertiary/aromatic N) is 3. The molecule has 7 rings (SSSR count). The first-order valence-electron chi connectivity index (χ1n) is 17.9. The third-order valence-corrected chi connectivity index (χ3v) is 11.6. The first-order valence-corrected chi connectivity index (χ1v) is 20.8. The van der Waals surface area contributed by atoms with Gasteiger partial charge in [0.05, 0.1) is 36.2 Å². The molecule has 0 saturated carbocycles. The number of nitrogens with one attached hydrogen (secondary N) is 2. The molecule has 302 valence electrons. The van der Waals surface area contributed by atoms with Crippen LogP contribution in [0.4, 0.5) is 17.1 Å². The van der Waals surface area contributed by atoms with Gasteiger partial charge in [-0.3, -0.25) is 23.6 Å². The number of esters is 1. The molecule has 2 heterocycles. The van der Waals surface area contributed by atoms with Gasteiger partial charge in [0.2, 0.25) is 5.91 Å². The summed E-state index contributed by atoms with van der Waals surface area (Å²) in [7, 11) is -3.73. The molecule has 0 aliphatic carbocycles. The average Bonchev–Trinajstić information content (AvgIpc) is 3.54. The summed E-state index contributed by atoms with van der Waals surface area (Å²) < 4.78 is 67.5. The SMILES string of the molecule is COC(=O)c1ccc2c(c1)NC(=O)C2=C(Nc1ccc(N(C)C(=O)CN2CCN(C)CC2)cc1)c1ccccc1.O=S(=O)(O)c1cccc2c(S(=O)(=O)O)cccc12. The highest BCUT2D eigenvalue weighted by Crippen LogP contribution is 2.38. The number of likely N-dealkylation sites (N-methyl/N-ethyl adjacent to an activating group) is 2. The van der Waals surface area contributed by atoms with Gasteiger partial charge in [0.1, 0.15) is 9.79 Å². The molecular formula is C41H41N5O10S2. The minimum absolute atomic E-state index is 0.0233. The standard InChI is InChI=1S/C31H33N5O4.C10H8O6S2/c1-34-15-17-36(18-16-34)20-27(37)35(2)24-12-10-23(11-13-24)32-29(21-7-5-4-6-8-21)28-25-14-9-22(31(39)40-3)19-26(25)33-30(28)38;11-17(12,13)9-5-1-3-7-8(9)4-2-6-10(7)18(14,15)16/h4-14,19,32H,15-18,20H2,1-3H3,(H,33,38);1-6H,(H,11,12,13)(H,14,15,16). The Bertz CT molecular complexity index is 2560. The van der Waals surface area contributed by atoms with Crippen molar-refractivity contribution < 1.29 is 45.1 Å². The Balaban J connectivity index is 0.000000263. The zero-order valence-electron chi connectivity index (χ0n) is 31.7. The van der Waals surface area contributed by atoms with Crippen LogP contribution in [0.1, 0.15) is 21.5 Å². The number of methoxy groups -OCH3 is 1. The fraction of sp³-hybridized carbons (Fsp3) is 0.195. The van der Waals surface area contributed by atoms with Crippen molar-refractivity contribution in [1.82, 2.24) is 9.80 Å². The van der Waals surface area contributed by atoms with E-state index in [1.54, 1.807) is 30.1 Å². The third-order valence-electron chi connectivity index (χ3n) is 9.75. The van der Waals surface area contributed by atoms with Crippen LogP contribution in [0.2, 0.25) is 0 Å². The summed E-state index contributed by atoms with van der Waals surface area (Å²) in [6.45, 7) is 4.09. The van der Waals surface area contributed by atoms with Gasteiger partial charge in [-0.25, -0.2) is 4.79 Å². The van der Waals surface area contributed by atoms with E-state index in [-0.39, 0.29) is 22.6 Å². The van der Waals surface area contributed by atoms with Crippen LogP contribution in [0.3, 0.4) is 0 Å². The van der Waals surface area contributed by atoms with Gasteiger partial charge in [-0.05, 0) is 61.1 Å². The van der Waals surface area contributed by atoms with Gasteiger partial charge in [0.25, 0.3) is 26.1 Å². The lowest BCUT2D eigenvalue weighted by atomic mass is 9.99. The Morgan fingerprint density at radius 2 is 1.36 bits per heavy atom. The van der Waals surface area contributed by atoms with Gasteiger partial charge in [0, 0.05) is 60.9 Å². The fourth-order valence-electron chi connectivity index (χ4n) is 6.61. The van der Waals surface area contributed by atoms with Crippen molar-refractivity contribution in [2.75, 3.05) is 69.5 Å². The number of hydrogen-bond donors (Lipinski definition) is 4. The Kier molecular flexibility index (Phi) is 12.4. The van der Waals surface area contributed by atoms with Crippen molar-refractivity contribution in [3.8, 4) is 0 Å². The van der Waals surface area contributed by atoms with Crippen LogP contribution in [0.25, 0.3) is 22.0 Å².